The number of carbonyl (C=O) groups is 2. The molecule has 1 fully saturated rings. The molecule has 1 heterocycles. The fraction of sp³-hybridized carbons (Fsp3) is 0.467. The second-order valence-electron chi connectivity index (χ2n) is 4.94. The molecule has 1 aliphatic rings. The Morgan fingerprint density at radius 3 is 2.55 bits per heavy atom. The molecule has 1 saturated heterocycles. The van der Waals surface area contributed by atoms with E-state index >= 15 is 0 Å². The maximum atomic E-state index is 12.3. The van der Waals surface area contributed by atoms with Crippen LogP contribution in [0.15, 0.2) is 24.3 Å². The second-order valence-corrected chi connectivity index (χ2v) is 4.94. The molecule has 0 aromatic heterocycles. The van der Waals surface area contributed by atoms with Crippen molar-refractivity contribution < 1.29 is 14.3 Å². The first-order valence-electron chi connectivity index (χ1n) is 6.80. The number of methoxy groups -OCH3 is 1. The van der Waals surface area contributed by atoms with Crippen LogP contribution in [0.1, 0.15) is 31.9 Å². The number of hydrogen-bond acceptors (Lipinski definition) is 3. The molecule has 20 heavy (non-hydrogen) atoms. The van der Waals surface area contributed by atoms with E-state index in [-0.39, 0.29) is 24.4 Å². The van der Waals surface area contributed by atoms with Crippen molar-refractivity contribution in [2.24, 2.45) is 0 Å². The van der Waals surface area contributed by atoms with Gasteiger partial charge < -0.3 is 15.0 Å². The van der Waals surface area contributed by atoms with Crippen LogP contribution in [0, 0.1) is 0 Å². The minimum absolute atomic E-state index is 0.0181. The SMILES string of the molecule is CCC1NC(=O)CN(C(C)c2ccc(OC)cc2)C1=O. The minimum atomic E-state index is -0.406. The normalized spacial score (nSPS) is 20.6. The Labute approximate surface area is 118 Å². The number of rotatable bonds is 4. The Balaban J connectivity index is 2.19. The van der Waals surface area contributed by atoms with Gasteiger partial charge in [-0.05, 0) is 31.0 Å². The third-order valence-electron chi connectivity index (χ3n) is 3.70. The average molecular weight is 276 g/mol. The predicted molar refractivity (Wildman–Crippen MR) is 75.3 cm³/mol. The van der Waals surface area contributed by atoms with Crippen molar-refractivity contribution in [3.63, 3.8) is 0 Å². The topological polar surface area (TPSA) is 58.6 Å². The van der Waals surface area contributed by atoms with Crippen molar-refractivity contribution in [2.75, 3.05) is 13.7 Å². The lowest BCUT2D eigenvalue weighted by molar-refractivity contribution is -0.146. The molecule has 1 aliphatic heterocycles. The van der Waals surface area contributed by atoms with Crippen LogP contribution in [0.4, 0.5) is 0 Å². The van der Waals surface area contributed by atoms with Gasteiger partial charge in [-0.15, -0.1) is 0 Å². The van der Waals surface area contributed by atoms with Gasteiger partial charge in [0.05, 0.1) is 13.2 Å². The molecule has 0 spiro atoms. The summed E-state index contributed by atoms with van der Waals surface area (Å²) < 4.78 is 5.12. The summed E-state index contributed by atoms with van der Waals surface area (Å²) in [6.45, 7) is 3.94. The first kappa shape index (κ1) is 14.4. The molecule has 5 nitrogen and oxygen atoms in total. The maximum absolute atomic E-state index is 12.3. The molecule has 2 atom stereocenters. The van der Waals surface area contributed by atoms with Crippen molar-refractivity contribution in [1.29, 1.82) is 0 Å². The van der Waals surface area contributed by atoms with Crippen molar-refractivity contribution >= 4 is 11.8 Å². The molecular weight excluding hydrogens is 256 g/mol. The molecule has 2 rings (SSSR count). The zero-order chi connectivity index (χ0) is 14.7. The number of ether oxygens (including phenoxy) is 1. The summed E-state index contributed by atoms with van der Waals surface area (Å²) >= 11 is 0. The summed E-state index contributed by atoms with van der Waals surface area (Å²) in [7, 11) is 1.61. The number of benzene rings is 1. The maximum Gasteiger partial charge on any atom is 0.246 e. The van der Waals surface area contributed by atoms with Gasteiger partial charge >= 0.3 is 0 Å². The summed E-state index contributed by atoms with van der Waals surface area (Å²) in [4.78, 5) is 25.7. The third-order valence-corrected chi connectivity index (χ3v) is 3.70. The molecule has 1 N–H and O–H groups in total. The van der Waals surface area contributed by atoms with E-state index in [2.05, 4.69) is 5.32 Å². The summed E-state index contributed by atoms with van der Waals surface area (Å²) in [6.07, 6.45) is 0.608. The standard InChI is InChI=1S/C15H20N2O3/c1-4-13-15(19)17(9-14(18)16-13)10(2)11-5-7-12(20-3)8-6-11/h5-8,10,13H,4,9H2,1-3H3,(H,16,18). The van der Waals surface area contributed by atoms with Gasteiger partial charge in [-0.25, -0.2) is 0 Å². The lowest BCUT2D eigenvalue weighted by Gasteiger charge is -2.36. The van der Waals surface area contributed by atoms with Crippen LogP contribution in [-0.2, 0) is 9.59 Å². The van der Waals surface area contributed by atoms with E-state index in [1.54, 1.807) is 12.0 Å². The minimum Gasteiger partial charge on any atom is -0.497 e. The van der Waals surface area contributed by atoms with Crippen LogP contribution in [0.5, 0.6) is 5.75 Å². The highest BCUT2D eigenvalue weighted by molar-refractivity contribution is 5.95. The Morgan fingerprint density at radius 2 is 2.00 bits per heavy atom. The summed E-state index contributed by atoms with van der Waals surface area (Å²) in [5.41, 5.74) is 0.990. The van der Waals surface area contributed by atoms with Gasteiger partial charge in [0.2, 0.25) is 11.8 Å². The highest BCUT2D eigenvalue weighted by Crippen LogP contribution is 2.24. The predicted octanol–water partition coefficient (Wildman–Crippen LogP) is 1.49. The number of amides is 2. The number of nitrogens with one attached hydrogen (secondary N) is 1. The molecule has 2 amide bonds. The van der Waals surface area contributed by atoms with Gasteiger partial charge in [-0.1, -0.05) is 19.1 Å². The van der Waals surface area contributed by atoms with Crippen molar-refractivity contribution in [1.82, 2.24) is 10.2 Å². The van der Waals surface area contributed by atoms with Gasteiger partial charge in [-0.2, -0.15) is 0 Å². The van der Waals surface area contributed by atoms with Crippen molar-refractivity contribution in [3.05, 3.63) is 29.8 Å². The van der Waals surface area contributed by atoms with E-state index in [0.29, 0.717) is 6.42 Å². The quantitative estimate of drug-likeness (QED) is 0.906. The lowest BCUT2D eigenvalue weighted by atomic mass is 10.0. The average Bonchev–Trinajstić information content (AvgIpc) is 2.48. The third kappa shape index (κ3) is 2.76. The molecule has 0 radical (unpaired) electrons. The fourth-order valence-corrected chi connectivity index (χ4v) is 2.40. The van der Waals surface area contributed by atoms with Gasteiger partial charge in [0.15, 0.2) is 0 Å². The number of piperazine rings is 1. The number of nitrogens with zero attached hydrogens (tertiary/aromatic N) is 1. The van der Waals surface area contributed by atoms with Crippen LogP contribution in [0.3, 0.4) is 0 Å². The molecule has 5 heteroatoms. The smallest absolute Gasteiger partial charge is 0.246 e. The largest absolute Gasteiger partial charge is 0.497 e. The van der Waals surface area contributed by atoms with Crippen molar-refractivity contribution in [2.45, 2.75) is 32.4 Å². The zero-order valence-corrected chi connectivity index (χ0v) is 12.1. The van der Waals surface area contributed by atoms with Gasteiger partial charge in [0.25, 0.3) is 0 Å². The molecule has 0 bridgehead atoms. The molecule has 108 valence electrons. The van der Waals surface area contributed by atoms with Crippen LogP contribution in [-0.4, -0.2) is 36.4 Å². The molecule has 2 unspecified atom stereocenters. The monoisotopic (exact) mass is 276 g/mol. The van der Waals surface area contributed by atoms with Crippen molar-refractivity contribution in [3.8, 4) is 5.75 Å². The summed E-state index contributed by atoms with van der Waals surface area (Å²) in [6, 6.07) is 7.02. The molecule has 1 aromatic rings. The van der Waals surface area contributed by atoms with E-state index in [1.165, 1.54) is 0 Å². The van der Waals surface area contributed by atoms with Crippen LogP contribution in [0.2, 0.25) is 0 Å². The molecule has 0 aliphatic carbocycles. The number of hydrogen-bond donors (Lipinski definition) is 1. The van der Waals surface area contributed by atoms with Gasteiger partial charge in [0, 0.05) is 0 Å². The molecule has 0 saturated carbocycles. The van der Waals surface area contributed by atoms with Crippen LogP contribution in [0.25, 0.3) is 0 Å². The van der Waals surface area contributed by atoms with E-state index in [1.807, 2.05) is 38.1 Å². The second kappa shape index (κ2) is 5.94. The first-order chi connectivity index (χ1) is 9.56. The van der Waals surface area contributed by atoms with Gasteiger partial charge in [-0.3, -0.25) is 9.59 Å². The highest BCUT2D eigenvalue weighted by atomic mass is 16.5. The van der Waals surface area contributed by atoms with E-state index in [0.717, 1.165) is 11.3 Å². The Bertz CT molecular complexity index is 498. The lowest BCUT2D eigenvalue weighted by Crippen LogP contribution is -2.58. The highest BCUT2D eigenvalue weighted by Gasteiger charge is 2.34. The zero-order valence-electron chi connectivity index (χ0n) is 12.1. The summed E-state index contributed by atoms with van der Waals surface area (Å²) in [5.74, 6) is 0.655. The Hall–Kier alpha value is -2.04. The van der Waals surface area contributed by atoms with E-state index in [4.69, 9.17) is 4.74 Å². The molecular formula is C15H20N2O3. The fourth-order valence-electron chi connectivity index (χ4n) is 2.40. The van der Waals surface area contributed by atoms with Gasteiger partial charge in [0.1, 0.15) is 18.3 Å². The van der Waals surface area contributed by atoms with Crippen LogP contribution >= 0.6 is 0 Å². The molecule has 1 aromatic carbocycles. The first-order valence-corrected chi connectivity index (χ1v) is 6.80. The number of carbonyl (C=O) groups excluding carboxylic acids is 2. The summed E-state index contributed by atoms with van der Waals surface area (Å²) in [5, 5.41) is 2.72. The van der Waals surface area contributed by atoms with Crippen LogP contribution < -0.4 is 10.1 Å². The Morgan fingerprint density at radius 1 is 1.35 bits per heavy atom. The Kier molecular flexibility index (Phi) is 4.27. The van der Waals surface area contributed by atoms with E-state index < -0.39 is 6.04 Å². The van der Waals surface area contributed by atoms with E-state index in [9.17, 15) is 9.59 Å².